The zero-order chi connectivity index (χ0) is 15.8. The van der Waals surface area contributed by atoms with Crippen molar-refractivity contribution in [2.24, 2.45) is 10.8 Å². The minimum atomic E-state index is -0.798. The third-order valence-electron chi connectivity index (χ3n) is 5.43. The van der Waals surface area contributed by atoms with Crippen molar-refractivity contribution in [3.8, 4) is 0 Å². The van der Waals surface area contributed by atoms with Crippen LogP contribution < -0.4 is 0 Å². The molecule has 1 aliphatic heterocycles. The molecule has 1 N–H and O–H groups in total. The Morgan fingerprint density at radius 3 is 2.36 bits per heavy atom. The van der Waals surface area contributed by atoms with Gasteiger partial charge >= 0.3 is 5.97 Å². The van der Waals surface area contributed by atoms with Crippen LogP contribution in [0.25, 0.3) is 0 Å². The molecule has 22 heavy (non-hydrogen) atoms. The number of benzene rings is 1. The fraction of sp³-hybridized carbons (Fsp3) is 0.556. The van der Waals surface area contributed by atoms with Gasteiger partial charge in [-0.15, -0.1) is 0 Å². The second-order valence-electron chi connectivity index (χ2n) is 7.14. The van der Waals surface area contributed by atoms with Crippen LogP contribution in [0.1, 0.15) is 38.2 Å². The molecule has 0 spiro atoms. The minimum Gasteiger partial charge on any atom is -0.481 e. The number of carboxylic acids is 1. The Morgan fingerprint density at radius 2 is 1.86 bits per heavy atom. The monoisotopic (exact) mass is 301 g/mol. The van der Waals surface area contributed by atoms with Crippen LogP contribution in [0.2, 0.25) is 0 Å². The zero-order valence-electron chi connectivity index (χ0n) is 13.0. The van der Waals surface area contributed by atoms with E-state index in [1.807, 2.05) is 18.2 Å². The second-order valence-corrected chi connectivity index (χ2v) is 7.14. The first-order valence-corrected chi connectivity index (χ1v) is 8.02. The van der Waals surface area contributed by atoms with E-state index >= 15 is 0 Å². The van der Waals surface area contributed by atoms with Crippen molar-refractivity contribution in [1.29, 1.82) is 0 Å². The molecule has 4 heteroatoms. The Kier molecular flexibility index (Phi) is 3.71. The highest BCUT2D eigenvalue weighted by atomic mass is 16.4. The molecule has 1 aromatic rings. The van der Waals surface area contributed by atoms with Crippen molar-refractivity contribution in [2.45, 2.75) is 39.0 Å². The Morgan fingerprint density at radius 1 is 1.18 bits per heavy atom. The maximum Gasteiger partial charge on any atom is 0.311 e. The number of rotatable bonds is 4. The summed E-state index contributed by atoms with van der Waals surface area (Å²) in [5.41, 5.74) is 0.106. The van der Waals surface area contributed by atoms with Gasteiger partial charge in [-0.2, -0.15) is 0 Å². The Labute approximate surface area is 131 Å². The molecule has 0 aromatic heterocycles. The highest BCUT2D eigenvalue weighted by molar-refractivity contribution is 5.86. The maximum absolute atomic E-state index is 13.0. The lowest BCUT2D eigenvalue weighted by Crippen LogP contribution is -2.49. The summed E-state index contributed by atoms with van der Waals surface area (Å²) in [6.45, 7) is 2.66. The smallest absolute Gasteiger partial charge is 0.311 e. The third-order valence-corrected chi connectivity index (χ3v) is 5.43. The molecule has 1 saturated heterocycles. The van der Waals surface area contributed by atoms with Crippen LogP contribution >= 0.6 is 0 Å². The van der Waals surface area contributed by atoms with Gasteiger partial charge in [-0.1, -0.05) is 36.8 Å². The van der Waals surface area contributed by atoms with Gasteiger partial charge in [-0.25, -0.2) is 0 Å². The van der Waals surface area contributed by atoms with Crippen LogP contribution in [0.4, 0.5) is 0 Å². The lowest BCUT2D eigenvalue weighted by Gasteiger charge is -2.43. The van der Waals surface area contributed by atoms with Crippen molar-refractivity contribution >= 4 is 11.9 Å². The number of carboxylic acid groups (broad SMARTS) is 1. The number of amides is 1. The first-order valence-electron chi connectivity index (χ1n) is 8.02. The molecule has 1 aromatic carbocycles. The quantitative estimate of drug-likeness (QED) is 0.930. The number of hydrogen-bond acceptors (Lipinski definition) is 2. The van der Waals surface area contributed by atoms with Gasteiger partial charge in [0.2, 0.25) is 5.91 Å². The van der Waals surface area contributed by atoms with E-state index in [1.165, 1.54) is 5.56 Å². The van der Waals surface area contributed by atoms with Crippen molar-refractivity contribution in [3.05, 3.63) is 35.9 Å². The molecule has 4 nitrogen and oxygen atoms in total. The molecule has 0 bridgehead atoms. The predicted octanol–water partition coefficient (Wildman–Crippen LogP) is 2.72. The van der Waals surface area contributed by atoms with Crippen LogP contribution in [-0.2, 0) is 16.0 Å². The van der Waals surface area contributed by atoms with Gasteiger partial charge in [0, 0.05) is 13.1 Å². The molecule has 3 rings (SSSR count). The molecule has 2 fully saturated rings. The second kappa shape index (κ2) is 5.41. The van der Waals surface area contributed by atoms with Crippen molar-refractivity contribution in [2.75, 3.05) is 13.1 Å². The Hall–Kier alpha value is -1.84. The molecule has 1 amide bonds. The van der Waals surface area contributed by atoms with Crippen LogP contribution in [0.5, 0.6) is 0 Å². The third kappa shape index (κ3) is 2.51. The van der Waals surface area contributed by atoms with Gasteiger partial charge in [-0.3, -0.25) is 9.59 Å². The van der Waals surface area contributed by atoms with Crippen LogP contribution in [0, 0.1) is 10.8 Å². The molecule has 1 saturated carbocycles. The maximum atomic E-state index is 13.0. The molecule has 0 radical (unpaired) electrons. The summed E-state index contributed by atoms with van der Waals surface area (Å²) in [5, 5.41) is 9.34. The normalized spacial score (nSPS) is 26.5. The summed E-state index contributed by atoms with van der Waals surface area (Å²) in [7, 11) is 0. The number of hydrogen-bond donors (Lipinski definition) is 1. The Bertz CT molecular complexity index is 579. The molecular weight excluding hydrogens is 278 g/mol. The first kappa shape index (κ1) is 15.1. The van der Waals surface area contributed by atoms with E-state index in [4.69, 9.17) is 0 Å². The summed E-state index contributed by atoms with van der Waals surface area (Å²) in [5.74, 6) is -0.638. The van der Waals surface area contributed by atoms with Gasteiger partial charge in [0.05, 0.1) is 10.8 Å². The summed E-state index contributed by atoms with van der Waals surface area (Å²) < 4.78 is 0. The van der Waals surface area contributed by atoms with Crippen LogP contribution in [-0.4, -0.2) is 35.0 Å². The SMILES string of the molecule is C[C@@]1(C(=O)O)CCN(C(=O)C2(Cc3ccccc3)CCC2)C1. The molecule has 1 atom stereocenters. The van der Waals surface area contributed by atoms with Crippen LogP contribution in [0.3, 0.4) is 0 Å². The van der Waals surface area contributed by atoms with E-state index in [0.29, 0.717) is 19.5 Å². The predicted molar refractivity (Wildman–Crippen MR) is 83.4 cm³/mol. The van der Waals surface area contributed by atoms with Gasteiger partial charge in [0.1, 0.15) is 0 Å². The zero-order valence-corrected chi connectivity index (χ0v) is 13.0. The molecule has 2 aliphatic rings. The lowest BCUT2D eigenvalue weighted by atomic mass is 9.64. The largest absolute Gasteiger partial charge is 0.481 e. The van der Waals surface area contributed by atoms with Crippen molar-refractivity contribution < 1.29 is 14.7 Å². The number of nitrogens with zero attached hydrogens (tertiary/aromatic N) is 1. The molecule has 0 unspecified atom stereocenters. The van der Waals surface area contributed by atoms with E-state index < -0.39 is 11.4 Å². The molecular formula is C18H23NO3. The number of likely N-dealkylation sites (tertiary alicyclic amines) is 1. The van der Waals surface area contributed by atoms with Gasteiger partial charge in [-0.05, 0) is 38.2 Å². The fourth-order valence-corrected chi connectivity index (χ4v) is 3.70. The highest BCUT2D eigenvalue weighted by Gasteiger charge is 2.50. The van der Waals surface area contributed by atoms with Crippen LogP contribution in [0.15, 0.2) is 30.3 Å². The Balaban J connectivity index is 1.74. The number of carbonyl (C=O) groups excluding carboxylic acids is 1. The summed E-state index contributed by atoms with van der Waals surface area (Å²) >= 11 is 0. The van der Waals surface area contributed by atoms with E-state index in [0.717, 1.165) is 25.7 Å². The topological polar surface area (TPSA) is 57.6 Å². The average Bonchev–Trinajstić information content (AvgIpc) is 2.87. The number of carbonyl (C=O) groups is 2. The van der Waals surface area contributed by atoms with Gasteiger partial charge in [0.25, 0.3) is 0 Å². The van der Waals surface area contributed by atoms with E-state index in [1.54, 1.807) is 11.8 Å². The molecule has 118 valence electrons. The molecule has 1 heterocycles. The van der Waals surface area contributed by atoms with E-state index in [-0.39, 0.29) is 11.3 Å². The average molecular weight is 301 g/mol. The molecule has 1 aliphatic carbocycles. The lowest BCUT2D eigenvalue weighted by molar-refractivity contribution is -0.150. The highest BCUT2D eigenvalue weighted by Crippen LogP contribution is 2.46. The van der Waals surface area contributed by atoms with Gasteiger partial charge < -0.3 is 10.0 Å². The standard InChI is InChI=1S/C18H23NO3/c1-17(16(21)22)10-11-19(13-17)15(20)18(8-5-9-18)12-14-6-3-2-4-7-14/h2-4,6-7H,5,8-13H2,1H3,(H,21,22)/t17-/m1/s1. The summed E-state index contributed by atoms with van der Waals surface area (Å²) in [6, 6.07) is 10.1. The minimum absolute atomic E-state index is 0.160. The van der Waals surface area contributed by atoms with E-state index in [2.05, 4.69) is 12.1 Å². The van der Waals surface area contributed by atoms with Crippen molar-refractivity contribution in [1.82, 2.24) is 4.90 Å². The summed E-state index contributed by atoms with van der Waals surface area (Å²) in [6.07, 6.45) is 4.24. The van der Waals surface area contributed by atoms with E-state index in [9.17, 15) is 14.7 Å². The van der Waals surface area contributed by atoms with Crippen molar-refractivity contribution in [3.63, 3.8) is 0 Å². The summed E-state index contributed by atoms with van der Waals surface area (Å²) in [4.78, 5) is 26.2. The van der Waals surface area contributed by atoms with Gasteiger partial charge in [0.15, 0.2) is 0 Å². The number of aliphatic carboxylic acids is 1. The fourth-order valence-electron chi connectivity index (χ4n) is 3.70. The first-order chi connectivity index (χ1) is 10.5.